The van der Waals surface area contributed by atoms with Crippen LogP contribution in [0.2, 0.25) is 0 Å². The average molecular weight is 779 g/mol. The van der Waals surface area contributed by atoms with Crippen molar-refractivity contribution in [1.29, 1.82) is 0 Å². The smallest absolute Gasteiger partial charge is 0.0781 e. The normalized spacial score (nSPS) is 15.4. The van der Waals surface area contributed by atoms with Crippen LogP contribution >= 0.6 is 11.8 Å². The maximum absolute atomic E-state index is 10.4. The molecule has 6 atom stereocenters. The first-order chi connectivity index (χ1) is 25.9. The number of hydrogen-bond donors (Lipinski definition) is 6. The highest BCUT2D eigenvalue weighted by atomic mass is 32.2. The maximum atomic E-state index is 10.4. The van der Waals surface area contributed by atoms with E-state index >= 15 is 0 Å². The number of unbranched alkanes of at least 4 members (excludes halogenated alkanes) is 22. The summed E-state index contributed by atoms with van der Waals surface area (Å²) in [5.74, 6) is 0. The molecule has 0 spiro atoms. The van der Waals surface area contributed by atoms with Crippen molar-refractivity contribution >= 4 is 11.8 Å². The van der Waals surface area contributed by atoms with Gasteiger partial charge in [0.05, 0.1) is 50.8 Å². The van der Waals surface area contributed by atoms with E-state index in [0.29, 0.717) is 52.1 Å². The lowest BCUT2D eigenvalue weighted by molar-refractivity contribution is 0.0273. The number of rotatable bonds is 44. The highest BCUT2D eigenvalue weighted by molar-refractivity contribution is 8.00. The Labute approximate surface area is 332 Å². The summed E-state index contributed by atoms with van der Waals surface area (Å²) in [4.78, 5) is 0. The van der Waals surface area contributed by atoms with Gasteiger partial charge in [0.2, 0.25) is 0 Å². The van der Waals surface area contributed by atoms with Crippen LogP contribution in [0.1, 0.15) is 206 Å². The maximum Gasteiger partial charge on any atom is 0.0781 e. The van der Waals surface area contributed by atoms with Crippen LogP contribution in [0.3, 0.4) is 0 Å². The highest BCUT2D eigenvalue weighted by Crippen LogP contribution is 2.30. The fourth-order valence-electron chi connectivity index (χ4n) is 6.99. The van der Waals surface area contributed by atoms with Crippen molar-refractivity contribution in [3.05, 3.63) is 0 Å². The van der Waals surface area contributed by atoms with E-state index in [1.807, 2.05) is 0 Å². The Balaban J connectivity index is 4.27. The molecule has 8 nitrogen and oxygen atoms in total. The summed E-state index contributed by atoms with van der Waals surface area (Å²) in [6.45, 7) is 5.33. The molecule has 0 saturated heterocycles. The molecule has 0 aromatic rings. The molecule has 9 heteroatoms. The zero-order valence-corrected chi connectivity index (χ0v) is 35.6. The second kappa shape index (κ2) is 41.7. The van der Waals surface area contributed by atoms with Gasteiger partial charge in [-0.3, -0.25) is 0 Å². The summed E-state index contributed by atoms with van der Waals surface area (Å²) in [5, 5.41) is 60.3. The molecule has 53 heavy (non-hydrogen) atoms. The molecule has 0 radical (unpaired) electrons. The van der Waals surface area contributed by atoms with Gasteiger partial charge in [-0.2, -0.15) is 11.8 Å². The van der Waals surface area contributed by atoms with Crippen molar-refractivity contribution in [2.24, 2.45) is 0 Å². The van der Waals surface area contributed by atoms with Crippen LogP contribution in [-0.4, -0.2) is 105 Å². The number of thioether (sulfide) groups is 1. The summed E-state index contributed by atoms with van der Waals surface area (Å²) >= 11 is 1.63. The Morgan fingerprint density at radius 1 is 0.377 bits per heavy atom. The first kappa shape index (κ1) is 53.0. The van der Waals surface area contributed by atoms with E-state index in [2.05, 4.69) is 13.8 Å². The van der Waals surface area contributed by atoms with Crippen LogP contribution in [0.5, 0.6) is 0 Å². The largest absolute Gasteiger partial charge is 0.394 e. The van der Waals surface area contributed by atoms with Gasteiger partial charge in [0.1, 0.15) is 0 Å². The van der Waals surface area contributed by atoms with Crippen molar-refractivity contribution in [2.75, 3.05) is 39.6 Å². The first-order valence-corrected chi connectivity index (χ1v) is 23.5. The molecule has 0 bridgehead atoms. The number of aliphatic hydroxyl groups is 6. The minimum Gasteiger partial charge on any atom is -0.394 e. The number of aliphatic hydroxyl groups excluding tert-OH is 6. The molecule has 0 heterocycles. The molecule has 0 aliphatic carbocycles. The van der Waals surface area contributed by atoms with Crippen LogP contribution in [0.25, 0.3) is 0 Å². The van der Waals surface area contributed by atoms with Crippen molar-refractivity contribution in [3.8, 4) is 0 Å². The van der Waals surface area contributed by atoms with E-state index in [4.69, 9.17) is 9.47 Å². The van der Waals surface area contributed by atoms with Crippen LogP contribution in [0.15, 0.2) is 0 Å². The summed E-state index contributed by atoms with van der Waals surface area (Å²) in [6.07, 6.45) is 31.9. The standard InChI is InChI=1S/C44H90O8S/c1-3-5-7-9-11-13-15-17-19-21-23-25-27-39(47)37-51-31-29-43(33-41(49)35-45)53-44(34-42(50)36-46)30-32-52-38-40(48)28-26-24-22-20-18-16-14-12-10-8-6-4-2/h39-50H,3-38H2,1-2H3. The van der Waals surface area contributed by atoms with E-state index < -0.39 is 24.4 Å². The Hall–Kier alpha value is 0.0300. The van der Waals surface area contributed by atoms with E-state index in [1.165, 1.54) is 128 Å². The van der Waals surface area contributed by atoms with Gasteiger partial charge in [0.15, 0.2) is 0 Å². The third kappa shape index (κ3) is 38.7. The fourth-order valence-corrected chi connectivity index (χ4v) is 8.66. The molecule has 0 saturated carbocycles. The van der Waals surface area contributed by atoms with Gasteiger partial charge in [0.25, 0.3) is 0 Å². The van der Waals surface area contributed by atoms with E-state index in [1.54, 1.807) is 11.8 Å². The predicted molar refractivity (Wildman–Crippen MR) is 225 cm³/mol. The highest BCUT2D eigenvalue weighted by Gasteiger charge is 2.23. The van der Waals surface area contributed by atoms with E-state index in [9.17, 15) is 30.6 Å². The molecule has 0 amide bonds. The topological polar surface area (TPSA) is 140 Å². The SMILES string of the molecule is CCCCCCCCCCCCCCC(O)COCCC(CC(O)CO)SC(CCOCC(O)CCCCCCCCCCCCCC)CC(O)CO. The molecule has 0 rings (SSSR count). The lowest BCUT2D eigenvalue weighted by Crippen LogP contribution is -2.26. The summed E-state index contributed by atoms with van der Waals surface area (Å²) in [5.41, 5.74) is 0. The van der Waals surface area contributed by atoms with Gasteiger partial charge < -0.3 is 40.1 Å². The van der Waals surface area contributed by atoms with Crippen molar-refractivity contribution in [1.82, 2.24) is 0 Å². The Kier molecular flexibility index (Phi) is 41.7. The summed E-state index contributed by atoms with van der Waals surface area (Å²) in [6, 6.07) is 0. The lowest BCUT2D eigenvalue weighted by Gasteiger charge is -2.26. The third-order valence-corrected chi connectivity index (χ3v) is 12.1. The van der Waals surface area contributed by atoms with Crippen LogP contribution in [-0.2, 0) is 9.47 Å². The molecule has 0 aliphatic rings. The fraction of sp³-hybridized carbons (Fsp3) is 1.00. The van der Waals surface area contributed by atoms with Gasteiger partial charge in [0, 0.05) is 23.7 Å². The molecule has 0 aromatic carbocycles. The third-order valence-electron chi connectivity index (χ3n) is 10.4. The van der Waals surface area contributed by atoms with Gasteiger partial charge >= 0.3 is 0 Å². The molecule has 0 aromatic heterocycles. The van der Waals surface area contributed by atoms with Crippen molar-refractivity contribution in [2.45, 2.75) is 241 Å². The molecule has 0 fully saturated rings. The Bertz CT molecular complexity index is 648. The quantitative estimate of drug-likeness (QED) is 0.0334. The molecular formula is C44H90O8S. The zero-order chi connectivity index (χ0) is 39.0. The Morgan fingerprint density at radius 3 is 0.943 bits per heavy atom. The van der Waals surface area contributed by atoms with Crippen LogP contribution in [0.4, 0.5) is 0 Å². The lowest BCUT2D eigenvalue weighted by atomic mass is 10.0. The van der Waals surface area contributed by atoms with Gasteiger partial charge in [-0.25, -0.2) is 0 Å². The van der Waals surface area contributed by atoms with Crippen LogP contribution in [0, 0.1) is 0 Å². The van der Waals surface area contributed by atoms with Gasteiger partial charge in [-0.1, -0.05) is 168 Å². The average Bonchev–Trinajstić information content (AvgIpc) is 3.15. The molecular weight excluding hydrogens is 689 g/mol. The number of hydrogen-bond acceptors (Lipinski definition) is 9. The van der Waals surface area contributed by atoms with Gasteiger partial charge in [-0.05, 0) is 38.5 Å². The van der Waals surface area contributed by atoms with Crippen LogP contribution < -0.4 is 0 Å². The number of ether oxygens (including phenoxy) is 2. The zero-order valence-electron chi connectivity index (χ0n) is 34.8. The minimum absolute atomic E-state index is 0.0297. The predicted octanol–water partition coefficient (Wildman–Crippen LogP) is 9.66. The van der Waals surface area contributed by atoms with E-state index in [-0.39, 0.29) is 23.7 Å². The molecule has 0 aliphatic heterocycles. The molecule has 6 N–H and O–H groups in total. The molecule has 6 unspecified atom stereocenters. The summed E-state index contributed by atoms with van der Waals surface area (Å²) < 4.78 is 11.7. The Morgan fingerprint density at radius 2 is 0.660 bits per heavy atom. The van der Waals surface area contributed by atoms with Crippen molar-refractivity contribution in [3.63, 3.8) is 0 Å². The van der Waals surface area contributed by atoms with Gasteiger partial charge in [-0.15, -0.1) is 0 Å². The first-order valence-electron chi connectivity index (χ1n) is 22.6. The monoisotopic (exact) mass is 779 g/mol. The van der Waals surface area contributed by atoms with Crippen molar-refractivity contribution < 1.29 is 40.1 Å². The summed E-state index contributed by atoms with van der Waals surface area (Å²) in [7, 11) is 0. The second-order valence-electron chi connectivity index (χ2n) is 15.9. The minimum atomic E-state index is -0.848. The molecule has 320 valence electrons. The van der Waals surface area contributed by atoms with E-state index in [0.717, 1.165) is 38.5 Å². The second-order valence-corrected chi connectivity index (χ2v) is 17.5.